The van der Waals surface area contributed by atoms with Gasteiger partial charge in [0, 0.05) is 11.6 Å². The van der Waals surface area contributed by atoms with Crippen LogP contribution in [0.5, 0.6) is 11.5 Å². The molecule has 0 atom stereocenters. The predicted molar refractivity (Wildman–Crippen MR) is 170 cm³/mol. The first kappa shape index (κ1) is 26.6. The summed E-state index contributed by atoms with van der Waals surface area (Å²) in [5, 5.41) is 5.01. The van der Waals surface area contributed by atoms with E-state index in [2.05, 4.69) is 129 Å². The molecule has 0 saturated carbocycles. The van der Waals surface area contributed by atoms with Crippen molar-refractivity contribution in [2.24, 2.45) is 7.05 Å². The number of nitrogens with zero attached hydrogens (tertiary/aromatic N) is 1. The fraction of sp³-hybridized carbons (Fsp3) is 0.342. The lowest BCUT2D eigenvalue weighted by Crippen LogP contribution is -2.32. The van der Waals surface area contributed by atoms with E-state index in [1.165, 1.54) is 77.3 Å². The van der Waals surface area contributed by atoms with E-state index in [0.29, 0.717) is 17.8 Å². The minimum Gasteiger partial charge on any atom is -0.455 e. The predicted octanol–water partition coefficient (Wildman–Crippen LogP) is 10.6. The van der Waals surface area contributed by atoms with Crippen molar-refractivity contribution in [3.63, 3.8) is 0 Å². The molecule has 0 bridgehead atoms. The third-order valence-corrected chi connectivity index (χ3v) is 9.00. The summed E-state index contributed by atoms with van der Waals surface area (Å²) in [7, 11) is 2.16. The van der Waals surface area contributed by atoms with Gasteiger partial charge in [-0.25, -0.2) is 4.57 Å². The van der Waals surface area contributed by atoms with E-state index in [9.17, 15) is 0 Å². The van der Waals surface area contributed by atoms with Gasteiger partial charge in [-0.1, -0.05) is 77.4 Å². The van der Waals surface area contributed by atoms with Crippen LogP contribution in [0.3, 0.4) is 0 Å². The number of benzene rings is 4. The van der Waals surface area contributed by atoms with Gasteiger partial charge >= 0.3 is 0 Å². The molecule has 0 amide bonds. The first-order valence-corrected chi connectivity index (χ1v) is 14.8. The number of pyridine rings is 1. The molecule has 1 aromatic heterocycles. The van der Waals surface area contributed by atoms with Crippen molar-refractivity contribution in [2.75, 3.05) is 0 Å². The molecular formula is C38H42NO+. The molecule has 1 aliphatic rings. The molecule has 0 saturated heterocycles. The number of hydrogen-bond acceptors (Lipinski definition) is 1. The van der Waals surface area contributed by atoms with E-state index in [0.717, 1.165) is 11.5 Å². The Morgan fingerprint density at radius 3 is 1.98 bits per heavy atom. The molecule has 4 aromatic carbocycles. The van der Waals surface area contributed by atoms with Gasteiger partial charge in [0.05, 0.1) is 10.9 Å². The van der Waals surface area contributed by atoms with E-state index in [1.54, 1.807) is 0 Å². The van der Waals surface area contributed by atoms with E-state index in [-0.39, 0.29) is 0 Å². The highest BCUT2D eigenvalue weighted by atomic mass is 16.5. The Bertz CT molecular complexity index is 1810. The highest BCUT2D eigenvalue weighted by Gasteiger charge is 2.33. The first-order chi connectivity index (χ1) is 19.0. The SMILES string of the molecule is Cc1ccc2c(C)c3c(c(C)c2c1)-c1c2c(cc(-c4c(C(C)C)cc(C(C)C)cc4C(C)C)cc2cc[n+]1C)O3. The Morgan fingerprint density at radius 2 is 1.35 bits per heavy atom. The Labute approximate surface area is 239 Å². The molecule has 0 radical (unpaired) electrons. The Kier molecular flexibility index (Phi) is 6.29. The first-order valence-electron chi connectivity index (χ1n) is 14.8. The summed E-state index contributed by atoms with van der Waals surface area (Å²) in [6.07, 6.45) is 2.21. The summed E-state index contributed by atoms with van der Waals surface area (Å²) < 4.78 is 9.24. The number of hydrogen-bond donors (Lipinski definition) is 0. The molecule has 204 valence electrons. The van der Waals surface area contributed by atoms with Crippen molar-refractivity contribution >= 4 is 21.5 Å². The molecule has 6 rings (SSSR count). The maximum absolute atomic E-state index is 6.97. The van der Waals surface area contributed by atoms with Crippen molar-refractivity contribution in [2.45, 2.75) is 80.1 Å². The third-order valence-electron chi connectivity index (χ3n) is 9.00. The van der Waals surface area contributed by atoms with Crippen molar-refractivity contribution < 1.29 is 9.30 Å². The number of aromatic nitrogens is 1. The maximum Gasteiger partial charge on any atom is 0.228 e. The molecule has 0 aliphatic carbocycles. The maximum atomic E-state index is 6.97. The van der Waals surface area contributed by atoms with Crippen molar-refractivity contribution in [3.8, 4) is 33.9 Å². The second-order valence-corrected chi connectivity index (χ2v) is 12.9. The molecule has 40 heavy (non-hydrogen) atoms. The van der Waals surface area contributed by atoms with Crippen LogP contribution in [0.4, 0.5) is 0 Å². The van der Waals surface area contributed by atoms with Crippen LogP contribution in [-0.2, 0) is 7.05 Å². The lowest BCUT2D eigenvalue weighted by molar-refractivity contribution is -0.659. The van der Waals surface area contributed by atoms with Crippen molar-refractivity contribution in [1.29, 1.82) is 0 Å². The number of ether oxygens (including phenoxy) is 1. The highest BCUT2D eigenvalue weighted by Crippen LogP contribution is 2.52. The lowest BCUT2D eigenvalue weighted by atomic mass is 9.81. The zero-order chi connectivity index (χ0) is 28.6. The molecule has 2 nitrogen and oxygen atoms in total. The summed E-state index contributed by atoms with van der Waals surface area (Å²) in [5.74, 6) is 3.28. The van der Waals surface area contributed by atoms with Gasteiger partial charge < -0.3 is 4.74 Å². The summed E-state index contributed by atoms with van der Waals surface area (Å²) in [5.41, 5.74) is 13.1. The highest BCUT2D eigenvalue weighted by molar-refractivity contribution is 6.07. The van der Waals surface area contributed by atoms with Gasteiger partial charge in [0.15, 0.2) is 6.20 Å². The average Bonchev–Trinajstić information content (AvgIpc) is 2.91. The normalized spacial score (nSPS) is 12.6. The average molecular weight is 529 g/mol. The fourth-order valence-electron chi connectivity index (χ4n) is 6.71. The molecule has 2 heterocycles. The van der Waals surface area contributed by atoms with Gasteiger partial charge in [-0.2, -0.15) is 0 Å². The van der Waals surface area contributed by atoms with Crippen molar-refractivity contribution in [3.05, 3.63) is 88.1 Å². The smallest absolute Gasteiger partial charge is 0.228 e. The second kappa shape index (κ2) is 9.47. The van der Waals surface area contributed by atoms with Gasteiger partial charge in [0.25, 0.3) is 0 Å². The molecule has 0 unspecified atom stereocenters. The fourth-order valence-corrected chi connectivity index (χ4v) is 6.71. The summed E-state index contributed by atoms with van der Waals surface area (Å²) in [6.45, 7) is 20.5. The zero-order valence-corrected chi connectivity index (χ0v) is 25.8. The van der Waals surface area contributed by atoms with Crippen LogP contribution in [0.2, 0.25) is 0 Å². The molecule has 2 heteroatoms. The molecule has 5 aromatic rings. The minimum atomic E-state index is 0.420. The van der Waals surface area contributed by atoms with Crippen LogP contribution in [0.1, 0.15) is 92.7 Å². The van der Waals surface area contributed by atoms with Crippen LogP contribution in [-0.4, -0.2) is 0 Å². The largest absolute Gasteiger partial charge is 0.455 e. The van der Waals surface area contributed by atoms with Crippen LogP contribution >= 0.6 is 0 Å². The second-order valence-electron chi connectivity index (χ2n) is 12.9. The van der Waals surface area contributed by atoms with E-state index >= 15 is 0 Å². The monoisotopic (exact) mass is 528 g/mol. The summed E-state index contributed by atoms with van der Waals surface area (Å²) in [4.78, 5) is 0. The number of rotatable bonds is 4. The Balaban J connectivity index is 1.70. The number of aryl methyl sites for hydroxylation is 4. The molecule has 0 N–H and O–H groups in total. The van der Waals surface area contributed by atoms with E-state index in [4.69, 9.17) is 4.74 Å². The quantitative estimate of drug-likeness (QED) is 0.207. The van der Waals surface area contributed by atoms with Crippen LogP contribution in [0.25, 0.3) is 43.9 Å². The molecule has 0 spiro atoms. The Morgan fingerprint density at radius 1 is 0.675 bits per heavy atom. The third kappa shape index (κ3) is 3.95. The van der Waals surface area contributed by atoms with Gasteiger partial charge in [0.2, 0.25) is 5.69 Å². The van der Waals surface area contributed by atoms with Gasteiger partial charge in [-0.05, 0) is 100 Å². The van der Waals surface area contributed by atoms with Gasteiger partial charge in [-0.15, -0.1) is 0 Å². The van der Waals surface area contributed by atoms with E-state index in [1.807, 2.05) is 0 Å². The van der Waals surface area contributed by atoms with Gasteiger partial charge in [-0.3, -0.25) is 0 Å². The minimum absolute atomic E-state index is 0.420. The van der Waals surface area contributed by atoms with Crippen LogP contribution in [0.15, 0.2) is 54.7 Å². The van der Waals surface area contributed by atoms with E-state index < -0.39 is 0 Å². The Hall–Kier alpha value is -3.65. The standard InChI is InChI=1S/C38H42NO/c1-20(2)27-17-30(21(3)4)35(31(18-27)22(5)6)28-16-26-13-14-39(10)37-34-24(8)32-15-23(7)11-12-29(32)25(9)38(34)40-33(19-28)36(26)37/h11-22H,1-10H3/q+1. The van der Waals surface area contributed by atoms with Crippen LogP contribution in [0, 0.1) is 20.8 Å². The van der Waals surface area contributed by atoms with Gasteiger partial charge in [0.1, 0.15) is 18.5 Å². The topological polar surface area (TPSA) is 13.1 Å². The number of fused-ring (bicyclic) bond motifs is 3. The molecule has 1 aliphatic heterocycles. The lowest BCUT2D eigenvalue weighted by Gasteiger charge is -2.26. The van der Waals surface area contributed by atoms with Crippen LogP contribution < -0.4 is 9.30 Å². The molecular weight excluding hydrogens is 486 g/mol. The zero-order valence-electron chi connectivity index (χ0n) is 25.8. The summed E-state index contributed by atoms with van der Waals surface area (Å²) >= 11 is 0. The van der Waals surface area contributed by atoms with Crippen molar-refractivity contribution in [1.82, 2.24) is 0 Å². The molecule has 0 fully saturated rings. The summed E-state index contributed by atoms with van der Waals surface area (Å²) in [6, 6.07) is 18.6.